The molecule has 0 N–H and O–H groups in total. The highest BCUT2D eigenvalue weighted by Gasteiger charge is 2.46. The van der Waals surface area contributed by atoms with Crippen molar-refractivity contribution in [1.82, 2.24) is 14.9 Å². The number of nitrogens with zero attached hydrogens (tertiary/aromatic N) is 4. The summed E-state index contributed by atoms with van der Waals surface area (Å²) in [5.41, 5.74) is 5.34. The molecule has 1 aromatic heterocycles. The van der Waals surface area contributed by atoms with Gasteiger partial charge in [-0.15, -0.1) is 0 Å². The average Bonchev–Trinajstić information content (AvgIpc) is 3.15. The largest absolute Gasteiger partial charge is 0.445 e. The Bertz CT molecular complexity index is 1220. The fourth-order valence-electron chi connectivity index (χ4n) is 7.08. The monoisotopic (exact) mass is 506 g/mol. The Morgan fingerprint density at radius 2 is 1.97 bits per heavy atom. The zero-order valence-electron chi connectivity index (χ0n) is 20.9. The molecule has 4 atom stereocenters. The van der Waals surface area contributed by atoms with Crippen molar-refractivity contribution in [2.75, 3.05) is 30.9 Å². The molecule has 4 aliphatic rings. The third-order valence-corrected chi connectivity index (χ3v) is 9.36. The summed E-state index contributed by atoms with van der Waals surface area (Å²) < 4.78 is 18.0. The molecule has 2 bridgehead atoms. The number of hydrogen-bond acceptors (Lipinski definition) is 6. The molecule has 0 radical (unpaired) electrons. The molecule has 2 aliphatic heterocycles. The Balaban J connectivity index is 1.35. The molecule has 36 heavy (non-hydrogen) atoms. The van der Waals surface area contributed by atoms with Crippen molar-refractivity contribution >= 4 is 22.7 Å². The van der Waals surface area contributed by atoms with Crippen molar-refractivity contribution in [3.8, 4) is 0 Å². The minimum Gasteiger partial charge on any atom is -0.445 e. The van der Waals surface area contributed by atoms with Crippen LogP contribution in [-0.2, 0) is 40.2 Å². The van der Waals surface area contributed by atoms with Crippen LogP contribution < -0.4 is 4.90 Å². The second-order valence-corrected chi connectivity index (χ2v) is 12.0. The van der Waals surface area contributed by atoms with Gasteiger partial charge in [0.2, 0.25) is 5.16 Å². The Morgan fingerprint density at radius 1 is 1.19 bits per heavy atom. The van der Waals surface area contributed by atoms with E-state index in [1.807, 2.05) is 4.90 Å². The number of carbonyl (C=O) groups excluding carboxylic acids is 1. The van der Waals surface area contributed by atoms with Gasteiger partial charge in [-0.05, 0) is 62.5 Å². The molecule has 1 amide bonds. The van der Waals surface area contributed by atoms with E-state index in [1.165, 1.54) is 29.5 Å². The number of hydrogen-bond donors (Lipinski definition) is 0. The third kappa shape index (κ3) is 3.94. The molecule has 190 valence electrons. The number of piperazine rings is 1. The van der Waals surface area contributed by atoms with Gasteiger partial charge in [-0.3, -0.25) is 4.21 Å². The van der Waals surface area contributed by atoms with E-state index in [-0.39, 0.29) is 30.2 Å². The zero-order valence-corrected chi connectivity index (χ0v) is 21.8. The van der Waals surface area contributed by atoms with Crippen LogP contribution in [0.15, 0.2) is 42.1 Å². The maximum atomic E-state index is 12.6. The van der Waals surface area contributed by atoms with E-state index >= 15 is 0 Å². The molecular formula is C28H34N4O3S. The number of amides is 1. The standard InChI is InChI=1S/C28H34N4O3S/c1-3-15-35-27(33)31-17-20-10-11-21(18-31)32(20)25-22-12-14-28(16-24(22)29-26(30-25)36(2)34)13-6-8-19-7-4-5-9-23(19)28/h3-5,7,9,20-21H,1,6,8,10-18H2,2H3/t20-,21+,28?,36?. The van der Waals surface area contributed by atoms with Crippen molar-refractivity contribution < 1.29 is 13.7 Å². The lowest BCUT2D eigenvalue weighted by molar-refractivity contribution is 0.103. The SMILES string of the molecule is C=CCOC(=O)N1C[C@H]2CC[C@@H](C1)N2c1nc(S(C)=O)nc2c1CCC1(CCCc3ccccc31)C2. The molecule has 0 saturated carbocycles. The van der Waals surface area contributed by atoms with Crippen LogP contribution in [0, 0.1) is 0 Å². The van der Waals surface area contributed by atoms with Crippen LogP contribution in [0.5, 0.6) is 0 Å². The Morgan fingerprint density at radius 3 is 2.72 bits per heavy atom. The second-order valence-electron chi connectivity index (χ2n) is 10.7. The van der Waals surface area contributed by atoms with Gasteiger partial charge >= 0.3 is 6.09 Å². The van der Waals surface area contributed by atoms with Crippen LogP contribution in [-0.4, -0.2) is 63.2 Å². The van der Waals surface area contributed by atoms with Crippen LogP contribution in [0.25, 0.3) is 0 Å². The molecular weight excluding hydrogens is 472 g/mol. The lowest BCUT2D eigenvalue weighted by Crippen LogP contribution is -2.56. The van der Waals surface area contributed by atoms with Crippen molar-refractivity contribution in [3.63, 3.8) is 0 Å². The quantitative estimate of drug-likeness (QED) is 0.462. The first-order valence-corrected chi connectivity index (χ1v) is 14.7. The van der Waals surface area contributed by atoms with Crippen molar-refractivity contribution in [1.29, 1.82) is 0 Å². The lowest BCUT2D eigenvalue weighted by atomic mass is 9.62. The van der Waals surface area contributed by atoms with Gasteiger partial charge in [-0.25, -0.2) is 14.8 Å². The summed E-state index contributed by atoms with van der Waals surface area (Å²) in [7, 11) is -1.27. The first-order chi connectivity index (χ1) is 17.5. The molecule has 6 rings (SSSR count). The minimum absolute atomic E-state index is 0.104. The Labute approximate surface area is 215 Å². The average molecular weight is 507 g/mol. The smallest absolute Gasteiger partial charge is 0.410 e. The van der Waals surface area contributed by atoms with Crippen molar-refractivity contribution in [2.24, 2.45) is 0 Å². The third-order valence-electron chi connectivity index (χ3n) is 8.67. The van der Waals surface area contributed by atoms with Crippen LogP contribution in [0.2, 0.25) is 0 Å². The number of aryl methyl sites for hydroxylation is 1. The van der Waals surface area contributed by atoms with Crippen molar-refractivity contribution in [3.05, 3.63) is 59.3 Å². The summed E-state index contributed by atoms with van der Waals surface area (Å²) in [4.78, 5) is 26.6. The number of anilines is 1. The Kier molecular flexibility index (Phi) is 6.10. The number of ether oxygens (including phenoxy) is 1. The predicted molar refractivity (Wildman–Crippen MR) is 140 cm³/mol. The zero-order chi connectivity index (χ0) is 24.9. The maximum absolute atomic E-state index is 12.6. The highest BCUT2D eigenvalue weighted by atomic mass is 32.2. The molecule has 2 aliphatic carbocycles. The molecule has 3 heterocycles. The minimum atomic E-state index is -1.27. The maximum Gasteiger partial charge on any atom is 0.410 e. The summed E-state index contributed by atoms with van der Waals surface area (Å²) in [6, 6.07) is 9.27. The van der Waals surface area contributed by atoms with Gasteiger partial charge in [0.1, 0.15) is 12.4 Å². The van der Waals surface area contributed by atoms with Crippen LogP contribution in [0.4, 0.5) is 10.6 Å². The number of carbonyl (C=O) groups is 1. The molecule has 2 saturated heterocycles. The fourth-order valence-corrected chi connectivity index (χ4v) is 7.54. The van der Waals surface area contributed by atoms with E-state index in [4.69, 9.17) is 14.7 Å². The van der Waals surface area contributed by atoms with Crippen molar-refractivity contribution in [2.45, 2.75) is 74.0 Å². The number of fused-ring (bicyclic) bond motifs is 5. The molecule has 2 fully saturated rings. The first-order valence-electron chi connectivity index (χ1n) is 13.1. The van der Waals surface area contributed by atoms with E-state index in [0.29, 0.717) is 18.2 Å². The molecule has 8 heteroatoms. The van der Waals surface area contributed by atoms with E-state index in [2.05, 4.69) is 35.7 Å². The van der Waals surface area contributed by atoms with Gasteiger partial charge in [0, 0.05) is 42.4 Å². The lowest BCUT2D eigenvalue weighted by Gasteiger charge is -2.45. The highest BCUT2D eigenvalue weighted by Crippen LogP contribution is 2.48. The van der Waals surface area contributed by atoms with E-state index in [1.54, 1.807) is 12.3 Å². The summed E-state index contributed by atoms with van der Waals surface area (Å²) in [6.07, 6.45) is 11.4. The normalized spacial score (nSPS) is 27.4. The molecule has 1 spiro atoms. The van der Waals surface area contributed by atoms with Gasteiger partial charge in [0.15, 0.2) is 0 Å². The Hall–Kier alpha value is -2.74. The summed E-state index contributed by atoms with van der Waals surface area (Å²) in [5.74, 6) is 0.954. The molecule has 1 aromatic carbocycles. The molecule has 2 aromatic rings. The van der Waals surface area contributed by atoms with Crippen LogP contribution >= 0.6 is 0 Å². The predicted octanol–water partition coefficient (Wildman–Crippen LogP) is 3.95. The van der Waals surface area contributed by atoms with Gasteiger partial charge in [-0.2, -0.15) is 0 Å². The number of aromatic nitrogens is 2. The fraction of sp³-hybridized carbons (Fsp3) is 0.536. The summed E-state index contributed by atoms with van der Waals surface area (Å²) >= 11 is 0. The molecule has 7 nitrogen and oxygen atoms in total. The summed E-state index contributed by atoms with van der Waals surface area (Å²) in [5, 5.41) is 0.428. The van der Waals surface area contributed by atoms with Gasteiger partial charge in [0.25, 0.3) is 0 Å². The van der Waals surface area contributed by atoms with Crippen LogP contribution in [0.1, 0.15) is 54.5 Å². The molecule has 2 unspecified atom stereocenters. The number of likely N-dealkylation sites (tertiary alicyclic amines) is 1. The van der Waals surface area contributed by atoms with E-state index in [0.717, 1.165) is 50.0 Å². The van der Waals surface area contributed by atoms with Gasteiger partial charge in [-0.1, -0.05) is 36.9 Å². The second kappa shape index (κ2) is 9.29. The summed E-state index contributed by atoms with van der Waals surface area (Å²) in [6.45, 7) is 5.10. The topological polar surface area (TPSA) is 75.6 Å². The first kappa shape index (κ1) is 23.6. The van der Waals surface area contributed by atoms with E-state index in [9.17, 15) is 9.00 Å². The van der Waals surface area contributed by atoms with Crippen LogP contribution in [0.3, 0.4) is 0 Å². The number of benzene rings is 1. The van der Waals surface area contributed by atoms with E-state index < -0.39 is 10.8 Å². The number of rotatable bonds is 4. The van der Waals surface area contributed by atoms with Gasteiger partial charge < -0.3 is 14.5 Å². The highest BCUT2D eigenvalue weighted by molar-refractivity contribution is 7.84. The van der Waals surface area contributed by atoms with Gasteiger partial charge in [0.05, 0.1) is 16.5 Å².